The summed E-state index contributed by atoms with van der Waals surface area (Å²) < 4.78 is 0. The first kappa shape index (κ1) is 13.1. The number of hydrogen-bond donors (Lipinski definition) is 1. The number of rotatable bonds is 3. The van der Waals surface area contributed by atoms with Crippen molar-refractivity contribution in [2.75, 3.05) is 13.1 Å². The topological polar surface area (TPSA) is 42.1 Å². The van der Waals surface area contributed by atoms with Gasteiger partial charge in [-0.1, -0.05) is 23.2 Å². The van der Waals surface area contributed by atoms with Crippen molar-refractivity contribution in [3.63, 3.8) is 0 Å². The molecule has 2 heterocycles. The second-order valence-corrected chi connectivity index (χ2v) is 5.54. The normalized spacial score (nSPS) is 22.9. The summed E-state index contributed by atoms with van der Waals surface area (Å²) in [5.41, 5.74) is 6.95. The molecule has 0 saturated carbocycles. The van der Waals surface area contributed by atoms with Gasteiger partial charge >= 0.3 is 0 Å². The Kier molecular flexibility index (Phi) is 4.26. The van der Waals surface area contributed by atoms with E-state index >= 15 is 0 Å². The van der Waals surface area contributed by atoms with E-state index in [4.69, 9.17) is 28.9 Å². The molecule has 0 aliphatic carbocycles. The first-order valence-electron chi connectivity index (χ1n) is 5.84. The largest absolute Gasteiger partial charge is 0.328 e. The number of nitrogens with zero attached hydrogens (tertiary/aromatic N) is 2. The molecule has 17 heavy (non-hydrogen) atoms. The van der Waals surface area contributed by atoms with E-state index in [1.807, 2.05) is 0 Å². The number of nitrogens with two attached hydrogens (primary N) is 1. The Labute approximate surface area is 112 Å². The number of likely N-dealkylation sites (tertiary alicyclic amines) is 1. The minimum absolute atomic E-state index is 0.263. The van der Waals surface area contributed by atoms with Crippen LogP contribution in [0.1, 0.15) is 18.9 Å². The fraction of sp³-hybridized carbons (Fsp3) is 0.583. The van der Waals surface area contributed by atoms with Crippen LogP contribution in [0.2, 0.25) is 10.2 Å². The lowest BCUT2D eigenvalue weighted by Crippen LogP contribution is -2.29. The van der Waals surface area contributed by atoms with Gasteiger partial charge in [0.05, 0.1) is 0 Å². The molecule has 0 radical (unpaired) electrons. The van der Waals surface area contributed by atoms with E-state index in [1.54, 1.807) is 12.3 Å². The molecule has 94 valence electrons. The zero-order valence-corrected chi connectivity index (χ0v) is 11.4. The molecule has 3 nitrogen and oxygen atoms in total. The molecule has 2 N–H and O–H groups in total. The van der Waals surface area contributed by atoms with Crippen LogP contribution in [-0.2, 0) is 6.54 Å². The van der Waals surface area contributed by atoms with Gasteiger partial charge in [-0.2, -0.15) is 0 Å². The minimum atomic E-state index is 0.263. The molecule has 1 aliphatic rings. The summed E-state index contributed by atoms with van der Waals surface area (Å²) in [6, 6.07) is 1.95. The van der Waals surface area contributed by atoms with Gasteiger partial charge in [0.15, 0.2) is 0 Å². The van der Waals surface area contributed by atoms with E-state index < -0.39 is 0 Å². The Morgan fingerprint density at radius 3 is 2.94 bits per heavy atom. The average Bonchev–Trinajstić information content (AvgIpc) is 2.71. The monoisotopic (exact) mass is 273 g/mol. The first-order chi connectivity index (χ1) is 8.06. The van der Waals surface area contributed by atoms with Gasteiger partial charge in [0.25, 0.3) is 0 Å². The highest BCUT2D eigenvalue weighted by Crippen LogP contribution is 2.24. The molecule has 0 amide bonds. The van der Waals surface area contributed by atoms with Crippen molar-refractivity contribution in [1.82, 2.24) is 9.88 Å². The quantitative estimate of drug-likeness (QED) is 0.861. The molecule has 1 aromatic heterocycles. The SMILES string of the molecule is CC(N)C1CCN(Cc2cnc(Cl)cc2Cl)C1. The number of aromatic nitrogens is 1. The van der Waals surface area contributed by atoms with Crippen molar-refractivity contribution < 1.29 is 0 Å². The summed E-state index contributed by atoms with van der Waals surface area (Å²) in [6.07, 6.45) is 2.92. The Balaban J connectivity index is 1.98. The van der Waals surface area contributed by atoms with Crippen LogP contribution in [0.15, 0.2) is 12.3 Å². The predicted molar refractivity (Wildman–Crippen MR) is 71.3 cm³/mol. The van der Waals surface area contributed by atoms with Gasteiger partial charge in [0, 0.05) is 35.9 Å². The van der Waals surface area contributed by atoms with E-state index in [0.29, 0.717) is 16.1 Å². The fourth-order valence-electron chi connectivity index (χ4n) is 2.23. The number of pyridine rings is 1. The van der Waals surface area contributed by atoms with Crippen LogP contribution in [0, 0.1) is 5.92 Å². The molecule has 2 rings (SSSR count). The molecule has 1 fully saturated rings. The smallest absolute Gasteiger partial charge is 0.130 e. The third-order valence-electron chi connectivity index (χ3n) is 3.34. The Morgan fingerprint density at radius 1 is 1.59 bits per heavy atom. The van der Waals surface area contributed by atoms with E-state index in [2.05, 4.69) is 16.8 Å². The highest BCUT2D eigenvalue weighted by atomic mass is 35.5. The van der Waals surface area contributed by atoms with Crippen LogP contribution >= 0.6 is 23.2 Å². The van der Waals surface area contributed by atoms with Crippen LogP contribution < -0.4 is 5.73 Å². The van der Waals surface area contributed by atoms with Gasteiger partial charge in [0.2, 0.25) is 0 Å². The van der Waals surface area contributed by atoms with Gasteiger partial charge in [-0.05, 0) is 31.9 Å². The zero-order valence-electron chi connectivity index (χ0n) is 9.87. The van der Waals surface area contributed by atoms with Crippen LogP contribution in [0.5, 0.6) is 0 Å². The van der Waals surface area contributed by atoms with Gasteiger partial charge in [-0.3, -0.25) is 4.90 Å². The van der Waals surface area contributed by atoms with Crippen molar-refractivity contribution >= 4 is 23.2 Å². The van der Waals surface area contributed by atoms with Crippen molar-refractivity contribution in [3.05, 3.63) is 28.0 Å². The second kappa shape index (κ2) is 5.53. The molecular weight excluding hydrogens is 257 g/mol. The summed E-state index contributed by atoms with van der Waals surface area (Å²) in [5.74, 6) is 0.592. The third-order valence-corrected chi connectivity index (χ3v) is 3.90. The summed E-state index contributed by atoms with van der Waals surface area (Å²) in [4.78, 5) is 6.43. The Morgan fingerprint density at radius 2 is 2.35 bits per heavy atom. The molecule has 5 heteroatoms. The summed E-state index contributed by atoms with van der Waals surface area (Å²) in [5, 5.41) is 1.13. The van der Waals surface area contributed by atoms with E-state index in [1.165, 1.54) is 0 Å². The average molecular weight is 274 g/mol. The lowest BCUT2D eigenvalue weighted by atomic mass is 10.0. The lowest BCUT2D eigenvalue weighted by molar-refractivity contribution is 0.308. The summed E-state index contributed by atoms with van der Waals surface area (Å²) in [6.45, 7) is 5.01. The van der Waals surface area contributed by atoms with Gasteiger partial charge in [0.1, 0.15) is 5.15 Å². The predicted octanol–water partition coefficient (Wildman–Crippen LogP) is 2.56. The third kappa shape index (κ3) is 3.32. The van der Waals surface area contributed by atoms with Gasteiger partial charge in [-0.15, -0.1) is 0 Å². The van der Waals surface area contributed by atoms with Gasteiger partial charge in [-0.25, -0.2) is 4.98 Å². The van der Waals surface area contributed by atoms with Crippen LogP contribution in [-0.4, -0.2) is 29.0 Å². The number of hydrogen-bond acceptors (Lipinski definition) is 3. The minimum Gasteiger partial charge on any atom is -0.328 e. The molecule has 0 aromatic carbocycles. The van der Waals surface area contributed by atoms with E-state index in [9.17, 15) is 0 Å². The van der Waals surface area contributed by atoms with E-state index in [0.717, 1.165) is 31.6 Å². The standard InChI is InChI=1S/C12H17Cl2N3/c1-8(15)9-2-3-17(6-9)7-10-5-16-12(14)4-11(10)13/h4-5,8-9H,2-3,6-7,15H2,1H3. The maximum Gasteiger partial charge on any atom is 0.130 e. The molecule has 1 aromatic rings. The Bertz CT molecular complexity index is 395. The maximum absolute atomic E-state index is 6.13. The molecule has 1 aliphatic heterocycles. The van der Waals surface area contributed by atoms with Crippen molar-refractivity contribution in [3.8, 4) is 0 Å². The highest BCUT2D eigenvalue weighted by molar-refractivity contribution is 6.34. The lowest BCUT2D eigenvalue weighted by Gasteiger charge is -2.18. The first-order valence-corrected chi connectivity index (χ1v) is 6.59. The molecule has 0 spiro atoms. The van der Waals surface area contributed by atoms with Gasteiger partial charge < -0.3 is 5.73 Å². The molecular formula is C12H17Cl2N3. The van der Waals surface area contributed by atoms with Crippen LogP contribution in [0.3, 0.4) is 0 Å². The molecule has 2 unspecified atom stereocenters. The van der Waals surface area contributed by atoms with Crippen molar-refractivity contribution in [2.24, 2.45) is 11.7 Å². The van der Waals surface area contributed by atoms with Crippen LogP contribution in [0.25, 0.3) is 0 Å². The summed E-state index contributed by atoms with van der Waals surface area (Å²) >= 11 is 11.9. The van der Waals surface area contributed by atoms with E-state index in [-0.39, 0.29) is 6.04 Å². The second-order valence-electron chi connectivity index (χ2n) is 4.74. The fourth-order valence-corrected chi connectivity index (χ4v) is 2.65. The van der Waals surface area contributed by atoms with Crippen molar-refractivity contribution in [2.45, 2.75) is 25.9 Å². The number of halogens is 2. The molecule has 0 bridgehead atoms. The van der Waals surface area contributed by atoms with Crippen LogP contribution in [0.4, 0.5) is 0 Å². The maximum atomic E-state index is 6.13. The zero-order chi connectivity index (χ0) is 12.4. The molecule has 1 saturated heterocycles. The Hall–Kier alpha value is -0.350. The highest BCUT2D eigenvalue weighted by Gasteiger charge is 2.25. The molecule has 2 atom stereocenters. The summed E-state index contributed by atoms with van der Waals surface area (Å²) in [7, 11) is 0. The van der Waals surface area contributed by atoms with Crippen molar-refractivity contribution in [1.29, 1.82) is 0 Å².